The number of carboxylic acids is 1. The van der Waals surface area contributed by atoms with E-state index in [0.717, 1.165) is 4.31 Å². The van der Waals surface area contributed by atoms with Crippen molar-refractivity contribution in [2.45, 2.75) is 19.9 Å². The molecule has 0 spiro atoms. The van der Waals surface area contributed by atoms with Crippen molar-refractivity contribution in [2.24, 2.45) is 0 Å². The van der Waals surface area contributed by atoms with Crippen LogP contribution in [0.3, 0.4) is 0 Å². The van der Waals surface area contributed by atoms with Crippen molar-refractivity contribution in [1.29, 1.82) is 0 Å². The number of nitrogens with one attached hydrogen (secondary N) is 1. The van der Waals surface area contributed by atoms with Crippen molar-refractivity contribution in [3.63, 3.8) is 0 Å². The summed E-state index contributed by atoms with van der Waals surface area (Å²) in [4.78, 5) is 21.7. The number of amides is 1. The van der Waals surface area contributed by atoms with Gasteiger partial charge in [-0.05, 0) is 13.8 Å². The largest absolute Gasteiger partial charge is 0.480 e. The Hall–Kier alpha value is -1.15. The molecule has 0 fully saturated rings. The lowest BCUT2D eigenvalue weighted by Gasteiger charge is -2.16. The van der Waals surface area contributed by atoms with Gasteiger partial charge >= 0.3 is 5.97 Å². The number of carboxylic acid groups (broad SMARTS) is 1. The van der Waals surface area contributed by atoms with Crippen LogP contribution in [-0.2, 0) is 19.6 Å². The summed E-state index contributed by atoms with van der Waals surface area (Å²) < 4.78 is 23.5. The van der Waals surface area contributed by atoms with Gasteiger partial charge in [0.2, 0.25) is 15.9 Å². The van der Waals surface area contributed by atoms with E-state index >= 15 is 0 Å². The quantitative estimate of drug-likeness (QED) is 0.621. The molecule has 8 heteroatoms. The smallest absolute Gasteiger partial charge is 0.325 e. The molecule has 1 amide bonds. The second-order valence-corrected chi connectivity index (χ2v) is 5.65. The molecule has 0 aromatic rings. The minimum absolute atomic E-state index is 0.106. The van der Waals surface area contributed by atoms with Crippen LogP contribution in [0.25, 0.3) is 0 Å². The van der Waals surface area contributed by atoms with E-state index in [2.05, 4.69) is 5.32 Å². The van der Waals surface area contributed by atoms with Crippen LogP contribution in [0.4, 0.5) is 0 Å². The molecule has 0 aliphatic heterocycles. The standard InChI is InChI=1S/C8H16N2O5S/c1-4-16(14,15)10(3)5-7(11)9-6(2)8(12)13/h6H,4-5H2,1-3H3,(H,9,11)(H,12,13). The highest BCUT2D eigenvalue weighted by Crippen LogP contribution is 1.96. The van der Waals surface area contributed by atoms with Crippen LogP contribution in [0.5, 0.6) is 0 Å². The van der Waals surface area contributed by atoms with Crippen molar-refractivity contribution < 1.29 is 23.1 Å². The minimum Gasteiger partial charge on any atom is -0.480 e. The first-order chi connectivity index (χ1) is 7.20. The van der Waals surface area contributed by atoms with E-state index in [1.165, 1.54) is 20.9 Å². The highest BCUT2D eigenvalue weighted by atomic mass is 32.2. The highest BCUT2D eigenvalue weighted by molar-refractivity contribution is 7.89. The number of carbonyl (C=O) groups is 2. The minimum atomic E-state index is -3.42. The van der Waals surface area contributed by atoms with Crippen LogP contribution in [-0.4, -0.2) is 55.1 Å². The molecule has 94 valence electrons. The third kappa shape index (κ3) is 4.58. The summed E-state index contributed by atoms with van der Waals surface area (Å²) >= 11 is 0. The Labute approximate surface area is 94.5 Å². The predicted octanol–water partition coefficient (Wildman–Crippen LogP) is -1.14. The summed E-state index contributed by atoms with van der Waals surface area (Å²) in [5.41, 5.74) is 0. The third-order valence-corrected chi connectivity index (χ3v) is 3.76. The molecule has 7 nitrogen and oxygen atoms in total. The molecule has 0 saturated carbocycles. The van der Waals surface area contributed by atoms with E-state index in [1.54, 1.807) is 0 Å². The van der Waals surface area contributed by atoms with Crippen LogP contribution in [0, 0.1) is 0 Å². The Kier molecular flexibility index (Phi) is 5.39. The van der Waals surface area contributed by atoms with Crippen LogP contribution < -0.4 is 5.32 Å². The molecule has 1 unspecified atom stereocenters. The van der Waals surface area contributed by atoms with E-state index in [-0.39, 0.29) is 12.3 Å². The average Bonchev–Trinajstić information content (AvgIpc) is 2.17. The molecule has 0 heterocycles. The van der Waals surface area contributed by atoms with Gasteiger partial charge in [0, 0.05) is 7.05 Å². The predicted molar refractivity (Wildman–Crippen MR) is 57.3 cm³/mol. The van der Waals surface area contributed by atoms with Gasteiger partial charge in [-0.15, -0.1) is 0 Å². The van der Waals surface area contributed by atoms with Gasteiger partial charge in [-0.2, -0.15) is 4.31 Å². The monoisotopic (exact) mass is 252 g/mol. The van der Waals surface area contributed by atoms with Crippen LogP contribution in [0.15, 0.2) is 0 Å². The van der Waals surface area contributed by atoms with Gasteiger partial charge in [-0.25, -0.2) is 8.42 Å². The number of hydrogen-bond acceptors (Lipinski definition) is 4. The van der Waals surface area contributed by atoms with E-state index in [0.29, 0.717) is 0 Å². The second-order valence-electron chi connectivity index (χ2n) is 3.28. The molecule has 0 aliphatic carbocycles. The Balaban J connectivity index is 4.32. The van der Waals surface area contributed by atoms with Crippen molar-refractivity contribution in [3.05, 3.63) is 0 Å². The molecular formula is C8H16N2O5S. The first-order valence-electron chi connectivity index (χ1n) is 4.67. The van der Waals surface area contributed by atoms with Gasteiger partial charge in [0.15, 0.2) is 0 Å². The number of aliphatic carboxylic acids is 1. The number of sulfonamides is 1. The third-order valence-electron chi connectivity index (χ3n) is 1.95. The highest BCUT2D eigenvalue weighted by Gasteiger charge is 2.20. The lowest BCUT2D eigenvalue weighted by Crippen LogP contribution is -2.44. The van der Waals surface area contributed by atoms with Gasteiger partial charge in [0.25, 0.3) is 0 Å². The summed E-state index contributed by atoms with van der Waals surface area (Å²) in [6.45, 7) is 2.38. The molecule has 2 N–H and O–H groups in total. The lowest BCUT2D eigenvalue weighted by molar-refractivity contribution is -0.141. The summed E-state index contributed by atoms with van der Waals surface area (Å²) in [5.74, 6) is -1.92. The van der Waals surface area contributed by atoms with Crippen molar-refractivity contribution in [1.82, 2.24) is 9.62 Å². The zero-order valence-corrected chi connectivity index (χ0v) is 10.2. The Morgan fingerprint density at radius 1 is 1.44 bits per heavy atom. The van der Waals surface area contributed by atoms with Crippen LogP contribution >= 0.6 is 0 Å². The zero-order chi connectivity index (χ0) is 12.9. The summed E-state index contributed by atoms with van der Waals surface area (Å²) in [6.07, 6.45) is 0. The lowest BCUT2D eigenvalue weighted by atomic mass is 10.3. The number of rotatable bonds is 6. The molecule has 0 radical (unpaired) electrons. The topological polar surface area (TPSA) is 104 Å². The summed E-state index contributed by atoms with van der Waals surface area (Å²) in [7, 11) is -2.16. The van der Waals surface area contributed by atoms with Gasteiger partial charge in [-0.1, -0.05) is 0 Å². The zero-order valence-electron chi connectivity index (χ0n) is 9.43. The normalized spacial score (nSPS) is 13.5. The molecule has 0 aromatic carbocycles. The van der Waals surface area contributed by atoms with E-state index in [9.17, 15) is 18.0 Å². The molecule has 0 aliphatic rings. The van der Waals surface area contributed by atoms with Gasteiger partial charge in [0.1, 0.15) is 6.04 Å². The van der Waals surface area contributed by atoms with Crippen molar-refractivity contribution in [2.75, 3.05) is 19.3 Å². The van der Waals surface area contributed by atoms with Crippen LogP contribution in [0.1, 0.15) is 13.8 Å². The summed E-state index contributed by atoms with van der Waals surface area (Å²) in [6, 6.07) is -1.04. The molecule has 0 aromatic heterocycles. The number of nitrogens with zero attached hydrogens (tertiary/aromatic N) is 1. The Bertz CT molecular complexity index is 365. The molecular weight excluding hydrogens is 236 g/mol. The first-order valence-corrected chi connectivity index (χ1v) is 6.27. The van der Waals surface area contributed by atoms with E-state index in [1.807, 2.05) is 0 Å². The Morgan fingerprint density at radius 2 is 1.94 bits per heavy atom. The molecule has 0 bridgehead atoms. The molecule has 0 saturated heterocycles. The maximum absolute atomic E-state index is 11.3. The Morgan fingerprint density at radius 3 is 2.31 bits per heavy atom. The van der Waals surface area contributed by atoms with E-state index in [4.69, 9.17) is 5.11 Å². The van der Waals surface area contributed by atoms with Gasteiger partial charge in [-0.3, -0.25) is 9.59 Å². The van der Waals surface area contributed by atoms with Gasteiger partial charge < -0.3 is 10.4 Å². The average molecular weight is 252 g/mol. The maximum Gasteiger partial charge on any atom is 0.325 e. The van der Waals surface area contributed by atoms with Crippen LogP contribution in [0.2, 0.25) is 0 Å². The number of carbonyl (C=O) groups excluding carboxylic acids is 1. The summed E-state index contributed by atoms with van der Waals surface area (Å²) in [5, 5.41) is 10.7. The molecule has 16 heavy (non-hydrogen) atoms. The fourth-order valence-electron chi connectivity index (χ4n) is 0.870. The molecule has 0 rings (SSSR count). The van der Waals surface area contributed by atoms with Crippen molar-refractivity contribution in [3.8, 4) is 0 Å². The molecule has 1 atom stereocenters. The second kappa shape index (κ2) is 5.80. The van der Waals surface area contributed by atoms with E-state index < -0.39 is 27.9 Å². The number of hydrogen-bond donors (Lipinski definition) is 2. The fraction of sp³-hybridized carbons (Fsp3) is 0.750. The fourth-order valence-corrected chi connectivity index (χ4v) is 1.62. The van der Waals surface area contributed by atoms with Gasteiger partial charge in [0.05, 0.1) is 12.3 Å². The number of likely N-dealkylation sites (N-methyl/N-ethyl adjacent to an activating group) is 1. The first kappa shape index (κ1) is 14.8. The maximum atomic E-state index is 11.3. The van der Waals surface area contributed by atoms with Crippen molar-refractivity contribution >= 4 is 21.9 Å². The SMILES string of the molecule is CCS(=O)(=O)N(C)CC(=O)NC(C)C(=O)O.